The van der Waals surface area contributed by atoms with Crippen LogP contribution in [0.4, 0.5) is 0 Å². The quantitative estimate of drug-likeness (QED) is 0.701. The van der Waals surface area contributed by atoms with E-state index in [4.69, 9.17) is 9.84 Å². The Bertz CT molecular complexity index is 490. The summed E-state index contributed by atoms with van der Waals surface area (Å²) in [6, 6.07) is 4.69. The summed E-state index contributed by atoms with van der Waals surface area (Å²) in [6.07, 6.45) is 1.92. The maximum Gasteiger partial charge on any atom is 0.335 e. The normalized spacial score (nSPS) is 11.8. The first-order valence-electron chi connectivity index (χ1n) is 6.39. The minimum atomic E-state index is -1.02. The number of carboxylic acid groups (broad SMARTS) is 1. The second-order valence-electron chi connectivity index (χ2n) is 4.50. The SMILES string of the molecule is CCCC(C)NC(=O)COc1cc(C(=O)O)ccc1I. The van der Waals surface area contributed by atoms with Crippen LogP contribution in [0.15, 0.2) is 18.2 Å². The van der Waals surface area contributed by atoms with Crippen LogP contribution < -0.4 is 10.1 Å². The van der Waals surface area contributed by atoms with Crippen molar-refractivity contribution in [2.75, 3.05) is 6.61 Å². The molecule has 1 unspecified atom stereocenters. The predicted molar refractivity (Wildman–Crippen MR) is 84.1 cm³/mol. The van der Waals surface area contributed by atoms with Crippen molar-refractivity contribution in [2.24, 2.45) is 0 Å². The van der Waals surface area contributed by atoms with E-state index in [1.54, 1.807) is 6.07 Å². The molecule has 0 heterocycles. The molecule has 2 N–H and O–H groups in total. The second-order valence-corrected chi connectivity index (χ2v) is 5.66. The molecule has 0 spiro atoms. The molecular weight excluding hydrogens is 373 g/mol. The zero-order chi connectivity index (χ0) is 15.1. The van der Waals surface area contributed by atoms with Gasteiger partial charge in [0.25, 0.3) is 5.91 Å². The maximum atomic E-state index is 11.7. The largest absolute Gasteiger partial charge is 0.483 e. The first-order valence-corrected chi connectivity index (χ1v) is 7.47. The number of nitrogens with one attached hydrogen (secondary N) is 1. The lowest BCUT2D eigenvalue weighted by molar-refractivity contribution is -0.123. The van der Waals surface area contributed by atoms with E-state index in [1.165, 1.54) is 12.1 Å². The van der Waals surface area contributed by atoms with Crippen LogP contribution in [0.2, 0.25) is 0 Å². The van der Waals surface area contributed by atoms with Gasteiger partial charge in [0.1, 0.15) is 5.75 Å². The molecule has 0 aromatic heterocycles. The van der Waals surface area contributed by atoms with Crippen molar-refractivity contribution in [3.8, 4) is 5.75 Å². The van der Waals surface area contributed by atoms with Crippen molar-refractivity contribution in [1.29, 1.82) is 0 Å². The summed E-state index contributed by atoms with van der Waals surface area (Å²) in [5.74, 6) is -0.821. The number of carbonyl (C=O) groups is 2. The highest BCUT2D eigenvalue weighted by molar-refractivity contribution is 14.1. The molecule has 0 aliphatic carbocycles. The molecular formula is C14H18INO4. The van der Waals surface area contributed by atoms with Crippen LogP contribution >= 0.6 is 22.6 Å². The summed E-state index contributed by atoms with van der Waals surface area (Å²) >= 11 is 2.04. The van der Waals surface area contributed by atoms with Crippen LogP contribution in [0, 0.1) is 3.57 Å². The number of rotatable bonds is 7. The summed E-state index contributed by atoms with van der Waals surface area (Å²) < 4.78 is 6.15. The Balaban J connectivity index is 2.59. The molecule has 0 fully saturated rings. The number of benzene rings is 1. The summed E-state index contributed by atoms with van der Waals surface area (Å²) in [4.78, 5) is 22.6. The van der Waals surface area contributed by atoms with Crippen LogP contribution in [-0.4, -0.2) is 29.6 Å². The molecule has 1 aromatic rings. The zero-order valence-electron chi connectivity index (χ0n) is 11.5. The van der Waals surface area contributed by atoms with E-state index >= 15 is 0 Å². The molecule has 0 saturated carbocycles. The number of halogens is 1. The van der Waals surface area contributed by atoms with Gasteiger partial charge in [-0.15, -0.1) is 0 Å². The fourth-order valence-electron chi connectivity index (χ4n) is 1.71. The van der Waals surface area contributed by atoms with Gasteiger partial charge in [0.15, 0.2) is 6.61 Å². The third-order valence-electron chi connectivity index (χ3n) is 2.67. The minimum absolute atomic E-state index is 0.112. The van der Waals surface area contributed by atoms with Crippen molar-refractivity contribution in [2.45, 2.75) is 32.7 Å². The number of hydrogen-bond donors (Lipinski definition) is 2. The topological polar surface area (TPSA) is 75.6 Å². The van der Waals surface area contributed by atoms with Crippen molar-refractivity contribution in [3.05, 3.63) is 27.3 Å². The van der Waals surface area contributed by atoms with Crippen molar-refractivity contribution in [3.63, 3.8) is 0 Å². The molecule has 0 aliphatic heterocycles. The van der Waals surface area contributed by atoms with Gasteiger partial charge in [0, 0.05) is 6.04 Å². The Morgan fingerprint density at radius 1 is 1.45 bits per heavy atom. The van der Waals surface area contributed by atoms with Crippen LogP contribution in [0.25, 0.3) is 0 Å². The Hall–Kier alpha value is -1.31. The summed E-state index contributed by atoms with van der Waals surface area (Å²) in [6.45, 7) is 3.88. The molecule has 1 aromatic carbocycles. The Labute approximate surface area is 131 Å². The average molecular weight is 391 g/mol. The molecule has 1 rings (SSSR count). The van der Waals surface area contributed by atoms with E-state index in [1.807, 2.05) is 29.5 Å². The third kappa shape index (κ3) is 5.36. The first kappa shape index (κ1) is 16.7. The summed E-state index contributed by atoms with van der Waals surface area (Å²) in [5, 5.41) is 11.7. The van der Waals surface area contributed by atoms with Crippen molar-refractivity contribution in [1.82, 2.24) is 5.32 Å². The summed E-state index contributed by atoms with van der Waals surface area (Å²) in [5.41, 5.74) is 0.139. The van der Waals surface area contributed by atoms with E-state index in [9.17, 15) is 9.59 Å². The predicted octanol–water partition coefficient (Wildman–Crippen LogP) is 2.67. The maximum absolute atomic E-state index is 11.7. The van der Waals surface area contributed by atoms with Crippen LogP contribution in [0.3, 0.4) is 0 Å². The van der Waals surface area contributed by atoms with Gasteiger partial charge in [0.05, 0.1) is 9.13 Å². The molecule has 110 valence electrons. The van der Waals surface area contributed by atoms with E-state index in [0.717, 1.165) is 16.4 Å². The minimum Gasteiger partial charge on any atom is -0.483 e. The van der Waals surface area contributed by atoms with Gasteiger partial charge in [-0.1, -0.05) is 13.3 Å². The second kappa shape index (κ2) is 8.08. The van der Waals surface area contributed by atoms with Crippen LogP contribution in [-0.2, 0) is 4.79 Å². The number of carbonyl (C=O) groups excluding carboxylic acids is 1. The lowest BCUT2D eigenvalue weighted by Crippen LogP contribution is -2.36. The van der Waals surface area contributed by atoms with Gasteiger partial charge in [-0.2, -0.15) is 0 Å². The number of hydrogen-bond acceptors (Lipinski definition) is 3. The standard InChI is InChI=1S/C14H18INO4/c1-3-4-9(2)16-13(17)8-20-12-7-10(14(18)19)5-6-11(12)15/h5-7,9H,3-4,8H2,1-2H3,(H,16,17)(H,18,19). The highest BCUT2D eigenvalue weighted by Crippen LogP contribution is 2.22. The molecule has 20 heavy (non-hydrogen) atoms. The fraction of sp³-hybridized carbons (Fsp3) is 0.429. The van der Waals surface area contributed by atoms with E-state index in [2.05, 4.69) is 12.2 Å². The lowest BCUT2D eigenvalue weighted by Gasteiger charge is -2.14. The summed E-state index contributed by atoms with van der Waals surface area (Å²) in [7, 11) is 0. The number of carboxylic acids is 1. The van der Waals surface area contributed by atoms with Crippen molar-refractivity contribution >= 4 is 34.5 Å². The Morgan fingerprint density at radius 3 is 2.75 bits per heavy atom. The van der Waals surface area contributed by atoms with E-state index < -0.39 is 5.97 Å². The highest BCUT2D eigenvalue weighted by atomic mass is 127. The van der Waals surface area contributed by atoms with Gasteiger partial charge in [-0.05, 0) is 54.1 Å². The van der Waals surface area contributed by atoms with Crippen LogP contribution in [0.5, 0.6) is 5.75 Å². The van der Waals surface area contributed by atoms with Gasteiger partial charge in [-0.3, -0.25) is 4.79 Å². The highest BCUT2D eigenvalue weighted by Gasteiger charge is 2.11. The third-order valence-corrected chi connectivity index (χ3v) is 3.56. The van der Waals surface area contributed by atoms with E-state index in [0.29, 0.717) is 5.75 Å². The van der Waals surface area contributed by atoms with Gasteiger partial charge >= 0.3 is 5.97 Å². The Morgan fingerprint density at radius 2 is 2.15 bits per heavy atom. The molecule has 6 heteroatoms. The Kier molecular flexibility index (Phi) is 6.77. The van der Waals surface area contributed by atoms with Crippen LogP contribution in [0.1, 0.15) is 37.0 Å². The average Bonchev–Trinajstić information content (AvgIpc) is 2.37. The number of ether oxygens (including phenoxy) is 1. The smallest absolute Gasteiger partial charge is 0.335 e. The molecule has 0 aliphatic rings. The van der Waals surface area contributed by atoms with Gasteiger partial charge in [-0.25, -0.2) is 4.79 Å². The molecule has 0 saturated heterocycles. The zero-order valence-corrected chi connectivity index (χ0v) is 13.6. The number of amides is 1. The van der Waals surface area contributed by atoms with Gasteiger partial charge in [0.2, 0.25) is 0 Å². The fourth-order valence-corrected chi connectivity index (χ4v) is 2.20. The van der Waals surface area contributed by atoms with Gasteiger partial charge < -0.3 is 15.2 Å². The first-order chi connectivity index (χ1) is 9.43. The molecule has 5 nitrogen and oxygen atoms in total. The van der Waals surface area contributed by atoms with E-state index in [-0.39, 0.29) is 24.1 Å². The molecule has 1 amide bonds. The molecule has 0 bridgehead atoms. The molecule has 1 atom stereocenters. The number of aromatic carboxylic acids is 1. The molecule has 0 radical (unpaired) electrons. The van der Waals surface area contributed by atoms with Crippen molar-refractivity contribution < 1.29 is 19.4 Å². The lowest BCUT2D eigenvalue weighted by atomic mass is 10.2. The monoisotopic (exact) mass is 391 g/mol.